The van der Waals surface area contributed by atoms with Crippen LogP contribution in [0.15, 0.2) is 48.7 Å². The van der Waals surface area contributed by atoms with E-state index in [2.05, 4.69) is 30.1 Å². The van der Waals surface area contributed by atoms with Crippen LogP contribution in [-0.4, -0.2) is 41.5 Å². The molecule has 0 aliphatic carbocycles. The molecule has 5 rings (SSSR count). The molecule has 3 heterocycles. The second kappa shape index (κ2) is 7.85. The number of rotatable bonds is 2. The van der Waals surface area contributed by atoms with Gasteiger partial charge in [-0.2, -0.15) is 0 Å². The van der Waals surface area contributed by atoms with Crippen molar-refractivity contribution < 1.29 is 19.0 Å². The van der Waals surface area contributed by atoms with Crippen molar-refractivity contribution in [2.45, 2.75) is 39.1 Å². The zero-order valence-electron chi connectivity index (χ0n) is 17.9. The van der Waals surface area contributed by atoms with Crippen LogP contribution >= 0.6 is 0 Å². The number of nitrogens with zero attached hydrogens (tertiary/aromatic N) is 2. The number of carbonyl (C=O) groups excluding carboxylic acids is 1. The fourth-order valence-electron chi connectivity index (χ4n) is 4.46. The number of amides is 1. The molecule has 0 saturated carbocycles. The predicted octanol–water partition coefficient (Wildman–Crippen LogP) is 5.07. The first kappa shape index (κ1) is 19.8. The summed E-state index contributed by atoms with van der Waals surface area (Å²) in [6.45, 7) is 5.95. The van der Waals surface area contributed by atoms with Crippen LogP contribution in [0.1, 0.15) is 30.9 Å². The summed E-state index contributed by atoms with van der Waals surface area (Å²) >= 11 is 0. The van der Waals surface area contributed by atoms with E-state index in [0.717, 1.165) is 33.3 Å². The van der Waals surface area contributed by atoms with Crippen molar-refractivity contribution in [2.24, 2.45) is 0 Å². The van der Waals surface area contributed by atoms with Crippen LogP contribution < -0.4 is 4.74 Å². The maximum Gasteiger partial charge on any atom is 0.409 e. The highest BCUT2D eigenvalue weighted by molar-refractivity contribution is 5.88. The van der Waals surface area contributed by atoms with E-state index in [-0.39, 0.29) is 6.09 Å². The molecular formula is C25H26N2O4. The maximum absolute atomic E-state index is 12.0. The molecule has 0 atom stereocenters. The lowest BCUT2D eigenvalue weighted by Gasteiger charge is -2.43. The van der Waals surface area contributed by atoms with Gasteiger partial charge >= 0.3 is 6.09 Å². The fraction of sp³-hybridized carbons (Fsp3) is 0.360. The van der Waals surface area contributed by atoms with E-state index >= 15 is 0 Å². The predicted molar refractivity (Wildman–Crippen MR) is 118 cm³/mol. The second-order valence-corrected chi connectivity index (χ2v) is 8.12. The minimum Gasteiger partial charge on any atom is -0.462 e. The average molecular weight is 418 g/mol. The fourth-order valence-corrected chi connectivity index (χ4v) is 4.46. The molecule has 2 aliphatic rings. The van der Waals surface area contributed by atoms with Gasteiger partial charge in [-0.1, -0.05) is 24.3 Å². The van der Waals surface area contributed by atoms with Crippen molar-refractivity contribution in [3.63, 3.8) is 0 Å². The van der Waals surface area contributed by atoms with Crippen LogP contribution in [0, 0.1) is 6.92 Å². The van der Waals surface area contributed by atoms with E-state index in [1.807, 2.05) is 37.4 Å². The molecule has 0 unspecified atom stereocenters. The molecule has 1 amide bonds. The minimum absolute atomic E-state index is 0.266. The first-order chi connectivity index (χ1) is 15.1. The number of aryl methyl sites for hydroxylation is 1. The number of pyridine rings is 1. The third-order valence-corrected chi connectivity index (χ3v) is 6.25. The van der Waals surface area contributed by atoms with E-state index in [0.29, 0.717) is 39.1 Å². The van der Waals surface area contributed by atoms with Gasteiger partial charge in [-0.25, -0.2) is 4.79 Å². The van der Waals surface area contributed by atoms with Gasteiger partial charge in [0.25, 0.3) is 0 Å². The summed E-state index contributed by atoms with van der Waals surface area (Å²) < 4.78 is 17.6. The Morgan fingerprint density at radius 2 is 2.00 bits per heavy atom. The van der Waals surface area contributed by atoms with Gasteiger partial charge in [0.05, 0.1) is 18.7 Å². The van der Waals surface area contributed by atoms with Crippen molar-refractivity contribution in [3.8, 4) is 16.9 Å². The molecule has 3 aromatic rings. The van der Waals surface area contributed by atoms with Gasteiger partial charge in [0.1, 0.15) is 5.75 Å². The molecule has 2 aromatic carbocycles. The molecular weight excluding hydrogens is 392 g/mol. The maximum atomic E-state index is 12.0. The van der Waals surface area contributed by atoms with Crippen LogP contribution in [0.4, 0.5) is 4.79 Å². The second-order valence-electron chi connectivity index (χ2n) is 8.12. The van der Waals surface area contributed by atoms with Crippen molar-refractivity contribution in [1.82, 2.24) is 9.88 Å². The lowest BCUT2D eigenvalue weighted by Crippen LogP contribution is -2.52. The number of aromatic nitrogens is 1. The summed E-state index contributed by atoms with van der Waals surface area (Å²) in [5.74, 6) is 0.184. The van der Waals surface area contributed by atoms with Gasteiger partial charge in [0, 0.05) is 48.6 Å². The highest BCUT2D eigenvalue weighted by atomic mass is 16.7. The largest absolute Gasteiger partial charge is 0.462 e. The molecule has 0 bridgehead atoms. The van der Waals surface area contributed by atoms with Crippen LogP contribution in [0.5, 0.6) is 5.75 Å². The number of para-hydroxylation sites is 1. The standard InChI is InChI=1S/C25H26N2O4/c1-3-29-24(28)27-12-10-25(11-13-27)30-16-19-14-18(8-9-23(19)31-25)21-15-26-22-7-5-4-6-20(22)17(21)2/h4-9,14-15H,3,10-13,16H2,1-2H3. The first-order valence-corrected chi connectivity index (χ1v) is 10.8. The molecule has 2 aliphatic heterocycles. The minimum atomic E-state index is -0.669. The molecule has 1 aromatic heterocycles. The Morgan fingerprint density at radius 3 is 2.81 bits per heavy atom. The monoisotopic (exact) mass is 418 g/mol. The normalized spacial score (nSPS) is 17.3. The third-order valence-electron chi connectivity index (χ3n) is 6.25. The summed E-state index contributed by atoms with van der Waals surface area (Å²) in [5, 5.41) is 1.16. The molecule has 31 heavy (non-hydrogen) atoms. The topological polar surface area (TPSA) is 60.9 Å². The van der Waals surface area contributed by atoms with Crippen molar-refractivity contribution in [1.29, 1.82) is 0 Å². The molecule has 1 saturated heterocycles. The van der Waals surface area contributed by atoms with E-state index in [1.54, 1.807) is 4.90 Å². The van der Waals surface area contributed by atoms with E-state index in [1.165, 1.54) is 5.56 Å². The third kappa shape index (κ3) is 3.61. The lowest BCUT2D eigenvalue weighted by atomic mass is 9.96. The zero-order valence-corrected chi connectivity index (χ0v) is 17.9. The number of carbonyl (C=O) groups is 1. The summed E-state index contributed by atoms with van der Waals surface area (Å²) in [5.41, 5.74) is 5.47. The molecule has 0 N–H and O–H groups in total. The SMILES string of the molecule is CCOC(=O)N1CCC2(CC1)OCc1cc(-c3cnc4ccccc4c3C)ccc1O2. The summed E-state index contributed by atoms with van der Waals surface area (Å²) in [7, 11) is 0. The van der Waals surface area contributed by atoms with Crippen LogP contribution in [0.2, 0.25) is 0 Å². The van der Waals surface area contributed by atoms with E-state index in [4.69, 9.17) is 14.2 Å². The molecule has 1 fully saturated rings. The number of piperidine rings is 1. The first-order valence-electron chi connectivity index (χ1n) is 10.8. The number of benzene rings is 2. The van der Waals surface area contributed by atoms with Gasteiger partial charge in [-0.3, -0.25) is 4.98 Å². The van der Waals surface area contributed by atoms with Crippen LogP contribution in [0.25, 0.3) is 22.0 Å². The van der Waals surface area contributed by atoms with E-state index in [9.17, 15) is 4.79 Å². The van der Waals surface area contributed by atoms with Gasteiger partial charge in [-0.15, -0.1) is 0 Å². The van der Waals surface area contributed by atoms with Crippen molar-refractivity contribution >= 4 is 17.0 Å². The molecule has 6 nitrogen and oxygen atoms in total. The molecule has 0 radical (unpaired) electrons. The van der Waals surface area contributed by atoms with Crippen molar-refractivity contribution in [3.05, 3.63) is 59.8 Å². The summed E-state index contributed by atoms with van der Waals surface area (Å²) in [6.07, 6.45) is 2.93. The molecule has 6 heteroatoms. The Labute approximate surface area is 181 Å². The number of hydrogen-bond acceptors (Lipinski definition) is 5. The molecule has 1 spiro atoms. The van der Waals surface area contributed by atoms with Crippen molar-refractivity contribution in [2.75, 3.05) is 19.7 Å². The van der Waals surface area contributed by atoms with Crippen LogP contribution in [0.3, 0.4) is 0 Å². The van der Waals surface area contributed by atoms with Gasteiger partial charge in [0.2, 0.25) is 5.79 Å². The Morgan fingerprint density at radius 1 is 1.19 bits per heavy atom. The number of ether oxygens (including phenoxy) is 3. The highest BCUT2D eigenvalue weighted by Gasteiger charge is 2.42. The summed E-state index contributed by atoms with van der Waals surface area (Å²) in [4.78, 5) is 18.3. The highest BCUT2D eigenvalue weighted by Crippen LogP contribution is 2.40. The molecule has 160 valence electrons. The number of hydrogen-bond donors (Lipinski definition) is 0. The average Bonchev–Trinajstić information content (AvgIpc) is 2.80. The Hall–Kier alpha value is -3.12. The van der Waals surface area contributed by atoms with Gasteiger partial charge < -0.3 is 19.1 Å². The number of likely N-dealkylation sites (tertiary alicyclic amines) is 1. The quantitative estimate of drug-likeness (QED) is 0.582. The van der Waals surface area contributed by atoms with E-state index < -0.39 is 5.79 Å². The van der Waals surface area contributed by atoms with Gasteiger partial charge in [0.15, 0.2) is 0 Å². The Kier molecular flexibility index (Phi) is 5.02. The Balaban J connectivity index is 1.36. The number of fused-ring (bicyclic) bond motifs is 2. The smallest absolute Gasteiger partial charge is 0.409 e. The lowest BCUT2D eigenvalue weighted by molar-refractivity contribution is -0.226. The summed E-state index contributed by atoms with van der Waals surface area (Å²) in [6, 6.07) is 14.4. The zero-order chi connectivity index (χ0) is 21.4. The van der Waals surface area contributed by atoms with Gasteiger partial charge in [-0.05, 0) is 43.2 Å². The Bertz CT molecular complexity index is 1140. The van der Waals surface area contributed by atoms with Crippen LogP contribution in [-0.2, 0) is 16.1 Å².